The summed E-state index contributed by atoms with van der Waals surface area (Å²) in [5, 5.41) is 8.63. The number of para-hydroxylation sites is 1. The maximum Gasteiger partial charge on any atom is 0.271 e. The van der Waals surface area contributed by atoms with E-state index in [0.717, 1.165) is 27.1 Å². The molecule has 0 aliphatic heterocycles. The Balaban J connectivity index is 1.77. The van der Waals surface area contributed by atoms with Crippen LogP contribution >= 0.6 is 15.9 Å². The fourth-order valence-electron chi connectivity index (χ4n) is 2.48. The summed E-state index contributed by atoms with van der Waals surface area (Å²) in [6, 6.07) is 17.0. The number of nitrogens with zero attached hydrogens (tertiary/aromatic N) is 3. The number of hydrazone groups is 1. The Morgan fingerprint density at radius 2 is 1.80 bits per heavy atom. The van der Waals surface area contributed by atoms with Crippen LogP contribution in [0.1, 0.15) is 27.3 Å². The van der Waals surface area contributed by atoms with Gasteiger partial charge in [-0.15, -0.1) is 0 Å². The maximum absolute atomic E-state index is 12.1. The number of carbonyl (C=O) groups excluding carboxylic acids is 1. The van der Waals surface area contributed by atoms with E-state index in [1.807, 2.05) is 61.0 Å². The maximum atomic E-state index is 12.1. The molecule has 0 aliphatic carbocycles. The van der Waals surface area contributed by atoms with E-state index >= 15 is 0 Å². The number of hydrogen-bond donors (Lipinski definition) is 1. The second-order valence-corrected chi connectivity index (χ2v) is 6.45. The van der Waals surface area contributed by atoms with E-state index in [1.54, 1.807) is 18.3 Å². The van der Waals surface area contributed by atoms with Crippen LogP contribution in [0.15, 0.2) is 64.2 Å². The smallest absolute Gasteiger partial charge is 0.267 e. The third-order valence-electron chi connectivity index (χ3n) is 3.81. The minimum Gasteiger partial charge on any atom is -0.267 e. The summed E-state index contributed by atoms with van der Waals surface area (Å²) in [5.41, 5.74) is 6.79. The van der Waals surface area contributed by atoms with Crippen LogP contribution in [-0.2, 0) is 0 Å². The van der Waals surface area contributed by atoms with Crippen LogP contribution in [0.5, 0.6) is 0 Å². The van der Waals surface area contributed by atoms with Crippen LogP contribution in [0.3, 0.4) is 0 Å². The van der Waals surface area contributed by atoms with Gasteiger partial charge in [0.1, 0.15) is 0 Å². The Morgan fingerprint density at radius 3 is 2.48 bits per heavy atom. The van der Waals surface area contributed by atoms with Gasteiger partial charge in [0.2, 0.25) is 0 Å². The summed E-state index contributed by atoms with van der Waals surface area (Å²) in [6.07, 6.45) is 1.63. The van der Waals surface area contributed by atoms with Crippen molar-refractivity contribution in [3.63, 3.8) is 0 Å². The minimum absolute atomic E-state index is 0.255. The number of aromatic nitrogens is 2. The molecule has 0 spiro atoms. The standard InChI is InChI=1S/C19H17BrN4O/c1-13-18(14(2)24(23-13)17-6-4-3-5-7-17)12-21-22-19(25)15-8-10-16(20)11-9-15/h3-12H,1-2H3,(H,22,25). The van der Waals surface area contributed by atoms with Crippen molar-refractivity contribution in [1.29, 1.82) is 0 Å². The quantitative estimate of drug-likeness (QED) is 0.534. The molecule has 5 nitrogen and oxygen atoms in total. The molecule has 0 radical (unpaired) electrons. The zero-order valence-corrected chi connectivity index (χ0v) is 15.5. The lowest BCUT2D eigenvalue weighted by Gasteiger charge is -2.03. The molecule has 126 valence electrons. The van der Waals surface area contributed by atoms with Gasteiger partial charge in [-0.25, -0.2) is 10.1 Å². The van der Waals surface area contributed by atoms with Gasteiger partial charge in [-0.05, 0) is 50.2 Å². The first-order chi connectivity index (χ1) is 12.1. The van der Waals surface area contributed by atoms with Gasteiger partial charge in [0.25, 0.3) is 5.91 Å². The van der Waals surface area contributed by atoms with Gasteiger partial charge < -0.3 is 0 Å². The molecule has 0 bridgehead atoms. The summed E-state index contributed by atoms with van der Waals surface area (Å²) in [4.78, 5) is 12.1. The molecule has 1 amide bonds. The van der Waals surface area contributed by atoms with Crippen LogP contribution in [0.4, 0.5) is 0 Å². The van der Waals surface area contributed by atoms with Gasteiger partial charge in [0.05, 0.1) is 23.3 Å². The number of benzene rings is 2. The number of carbonyl (C=O) groups is 1. The second kappa shape index (κ2) is 7.44. The lowest BCUT2D eigenvalue weighted by Crippen LogP contribution is -2.17. The van der Waals surface area contributed by atoms with E-state index < -0.39 is 0 Å². The first kappa shape index (κ1) is 17.1. The Bertz CT molecular complexity index is 915. The van der Waals surface area contributed by atoms with Crippen LogP contribution in [0.25, 0.3) is 5.69 Å². The van der Waals surface area contributed by atoms with E-state index in [9.17, 15) is 4.79 Å². The van der Waals surface area contributed by atoms with E-state index in [2.05, 4.69) is 31.6 Å². The van der Waals surface area contributed by atoms with Crippen molar-refractivity contribution in [2.75, 3.05) is 0 Å². The van der Waals surface area contributed by atoms with Crippen molar-refractivity contribution in [2.45, 2.75) is 13.8 Å². The molecule has 3 rings (SSSR count). The van der Waals surface area contributed by atoms with Crippen molar-refractivity contribution in [3.8, 4) is 5.69 Å². The molecule has 25 heavy (non-hydrogen) atoms. The molecule has 6 heteroatoms. The number of hydrogen-bond acceptors (Lipinski definition) is 3. The molecule has 0 aliphatic rings. The van der Waals surface area contributed by atoms with Crippen LogP contribution in [0, 0.1) is 13.8 Å². The number of halogens is 1. The molecule has 0 saturated carbocycles. The highest BCUT2D eigenvalue weighted by atomic mass is 79.9. The van der Waals surface area contributed by atoms with Gasteiger partial charge in [-0.3, -0.25) is 4.79 Å². The molecule has 0 unspecified atom stereocenters. The van der Waals surface area contributed by atoms with E-state index in [4.69, 9.17) is 0 Å². The minimum atomic E-state index is -0.255. The Morgan fingerprint density at radius 1 is 1.12 bits per heavy atom. The van der Waals surface area contributed by atoms with Crippen LogP contribution < -0.4 is 5.43 Å². The largest absolute Gasteiger partial charge is 0.271 e. The fourth-order valence-corrected chi connectivity index (χ4v) is 2.75. The molecular formula is C19H17BrN4O. The average molecular weight is 397 g/mol. The van der Waals surface area contributed by atoms with Crippen molar-refractivity contribution < 1.29 is 4.79 Å². The molecule has 0 fully saturated rings. The highest BCUT2D eigenvalue weighted by molar-refractivity contribution is 9.10. The zero-order valence-electron chi connectivity index (χ0n) is 13.9. The van der Waals surface area contributed by atoms with E-state index in [0.29, 0.717) is 5.56 Å². The van der Waals surface area contributed by atoms with Crippen molar-refractivity contribution >= 4 is 28.1 Å². The van der Waals surface area contributed by atoms with Gasteiger partial charge in [-0.2, -0.15) is 10.2 Å². The summed E-state index contributed by atoms with van der Waals surface area (Å²) in [5.74, 6) is -0.255. The SMILES string of the molecule is Cc1nn(-c2ccccc2)c(C)c1C=NNC(=O)c1ccc(Br)cc1. The predicted octanol–water partition coefficient (Wildman–Crippen LogP) is 4.02. The number of amides is 1. The number of rotatable bonds is 4. The first-order valence-electron chi connectivity index (χ1n) is 7.77. The Hall–Kier alpha value is -2.73. The molecule has 1 heterocycles. The molecule has 1 N–H and O–H groups in total. The average Bonchev–Trinajstić information content (AvgIpc) is 2.91. The lowest BCUT2D eigenvalue weighted by molar-refractivity contribution is 0.0955. The predicted molar refractivity (Wildman–Crippen MR) is 102 cm³/mol. The molecule has 0 atom stereocenters. The first-order valence-corrected chi connectivity index (χ1v) is 8.56. The van der Waals surface area contributed by atoms with E-state index in [1.165, 1.54) is 0 Å². The Labute approximate surface area is 154 Å². The molecule has 2 aromatic carbocycles. The summed E-state index contributed by atoms with van der Waals surface area (Å²) in [7, 11) is 0. The third-order valence-corrected chi connectivity index (χ3v) is 4.34. The molecule has 0 saturated heterocycles. The Kier molecular flexibility index (Phi) is 5.09. The summed E-state index contributed by atoms with van der Waals surface area (Å²) < 4.78 is 2.79. The molecular weight excluding hydrogens is 380 g/mol. The monoisotopic (exact) mass is 396 g/mol. The van der Waals surface area contributed by atoms with Crippen LogP contribution in [0.2, 0.25) is 0 Å². The normalized spacial score (nSPS) is 11.0. The zero-order chi connectivity index (χ0) is 17.8. The van der Waals surface area contributed by atoms with Crippen molar-refractivity contribution in [3.05, 3.63) is 81.6 Å². The summed E-state index contributed by atoms with van der Waals surface area (Å²) >= 11 is 3.34. The van der Waals surface area contributed by atoms with Gasteiger partial charge in [-0.1, -0.05) is 34.1 Å². The summed E-state index contributed by atoms with van der Waals surface area (Å²) in [6.45, 7) is 3.90. The highest BCUT2D eigenvalue weighted by Gasteiger charge is 2.11. The van der Waals surface area contributed by atoms with Crippen molar-refractivity contribution in [2.24, 2.45) is 5.10 Å². The molecule has 1 aromatic heterocycles. The third kappa shape index (κ3) is 3.85. The van der Waals surface area contributed by atoms with Crippen LogP contribution in [-0.4, -0.2) is 21.9 Å². The van der Waals surface area contributed by atoms with E-state index in [-0.39, 0.29) is 5.91 Å². The lowest BCUT2D eigenvalue weighted by atomic mass is 10.2. The van der Waals surface area contributed by atoms with Gasteiger partial charge in [0, 0.05) is 15.6 Å². The van der Waals surface area contributed by atoms with Gasteiger partial charge >= 0.3 is 0 Å². The second-order valence-electron chi connectivity index (χ2n) is 5.54. The fraction of sp³-hybridized carbons (Fsp3) is 0.105. The van der Waals surface area contributed by atoms with Crippen molar-refractivity contribution in [1.82, 2.24) is 15.2 Å². The topological polar surface area (TPSA) is 59.3 Å². The van der Waals surface area contributed by atoms with Gasteiger partial charge in [0.15, 0.2) is 0 Å². The number of aryl methyl sites for hydroxylation is 1. The number of nitrogens with one attached hydrogen (secondary N) is 1. The molecule has 3 aromatic rings. The highest BCUT2D eigenvalue weighted by Crippen LogP contribution is 2.16.